The van der Waals surface area contributed by atoms with E-state index in [4.69, 9.17) is 24.5 Å². The minimum absolute atomic E-state index is 0.0360. The first-order chi connectivity index (χ1) is 14.3. The van der Waals surface area contributed by atoms with Gasteiger partial charge in [-0.25, -0.2) is 4.79 Å². The van der Waals surface area contributed by atoms with Crippen LogP contribution in [-0.2, 0) is 35.1 Å². The van der Waals surface area contributed by atoms with Gasteiger partial charge in [-0.1, -0.05) is 35.4 Å². The summed E-state index contributed by atoms with van der Waals surface area (Å²) < 4.78 is 27.3. The Hall–Kier alpha value is -2.85. The van der Waals surface area contributed by atoms with E-state index >= 15 is 0 Å². The summed E-state index contributed by atoms with van der Waals surface area (Å²) in [5, 5.41) is 3.77. The minimum Gasteiger partial charge on any atom is -0.468 e. The molecule has 2 aliphatic rings. The standard InChI is InChI=1S/C19H24N4O7/c1-19(2)29-16-15(21-22-20)13(28-17(16)30-19)9-23(10-14(24)26-3)18(25)27-11-12-7-5-4-6-8-12/h4-8,13,15-17H,9-11H2,1-3H3/t13-,15+,16-,17-/m1/s1. The molecule has 3 rings (SSSR count). The highest BCUT2D eigenvalue weighted by atomic mass is 16.8. The van der Waals surface area contributed by atoms with Crippen molar-refractivity contribution in [3.05, 3.63) is 46.3 Å². The van der Waals surface area contributed by atoms with Crippen LogP contribution >= 0.6 is 0 Å². The van der Waals surface area contributed by atoms with E-state index in [2.05, 4.69) is 14.8 Å². The predicted octanol–water partition coefficient (Wildman–Crippen LogP) is 2.35. The SMILES string of the molecule is COC(=O)CN(C[C@H]1O[C@@H]2OC(C)(C)O[C@@H]2[C@H]1N=[N+]=[N-])C(=O)OCc1ccccc1. The van der Waals surface area contributed by atoms with Gasteiger partial charge in [0.1, 0.15) is 19.3 Å². The van der Waals surface area contributed by atoms with Gasteiger partial charge in [0.15, 0.2) is 12.1 Å². The molecule has 11 nitrogen and oxygen atoms in total. The molecule has 2 aliphatic heterocycles. The van der Waals surface area contributed by atoms with E-state index in [1.807, 2.05) is 30.3 Å². The summed E-state index contributed by atoms with van der Waals surface area (Å²) in [6, 6.07) is 8.38. The number of amides is 1. The van der Waals surface area contributed by atoms with E-state index in [-0.39, 0.29) is 19.7 Å². The van der Waals surface area contributed by atoms with Crippen LogP contribution in [0.25, 0.3) is 10.4 Å². The van der Waals surface area contributed by atoms with Crippen molar-refractivity contribution in [1.82, 2.24) is 4.90 Å². The number of hydrogen-bond donors (Lipinski definition) is 0. The molecule has 30 heavy (non-hydrogen) atoms. The minimum atomic E-state index is -0.885. The number of rotatable bonds is 7. The van der Waals surface area contributed by atoms with Crippen molar-refractivity contribution in [2.75, 3.05) is 20.2 Å². The number of ether oxygens (including phenoxy) is 5. The molecule has 2 saturated heterocycles. The molecule has 1 aromatic carbocycles. The summed E-state index contributed by atoms with van der Waals surface area (Å²) in [6.45, 7) is 3.05. The lowest BCUT2D eigenvalue weighted by Crippen LogP contribution is -2.45. The number of carbonyl (C=O) groups is 2. The van der Waals surface area contributed by atoms with Crippen molar-refractivity contribution in [2.45, 2.75) is 50.8 Å². The molecular formula is C19H24N4O7. The van der Waals surface area contributed by atoms with Gasteiger partial charge in [0.25, 0.3) is 0 Å². The summed E-state index contributed by atoms with van der Waals surface area (Å²) in [5.74, 6) is -1.51. The van der Waals surface area contributed by atoms with Crippen molar-refractivity contribution in [3.8, 4) is 0 Å². The van der Waals surface area contributed by atoms with E-state index in [1.165, 1.54) is 7.11 Å². The third-order valence-electron chi connectivity index (χ3n) is 4.71. The van der Waals surface area contributed by atoms with Gasteiger partial charge in [-0.2, -0.15) is 0 Å². The molecule has 162 valence electrons. The van der Waals surface area contributed by atoms with E-state index in [0.717, 1.165) is 10.5 Å². The zero-order chi connectivity index (χ0) is 21.7. The smallest absolute Gasteiger partial charge is 0.410 e. The molecule has 1 amide bonds. The molecule has 0 N–H and O–H groups in total. The van der Waals surface area contributed by atoms with Gasteiger partial charge < -0.3 is 23.7 Å². The van der Waals surface area contributed by atoms with Crippen molar-refractivity contribution in [1.29, 1.82) is 0 Å². The van der Waals surface area contributed by atoms with E-state index in [0.29, 0.717) is 0 Å². The molecule has 0 unspecified atom stereocenters. The Morgan fingerprint density at radius 3 is 2.67 bits per heavy atom. The van der Waals surface area contributed by atoms with Crippen LogP contribution in [0, 0.1) is 0 Å². The van der Waals surface area contributed by atoms with Crippen LogP contribution in [0.15, 0.2) is 35.4 Å². The molecule has 0 bridgehead atoms. The summed E-state index contributed by atoms with van der Waals surface area (Å²) in [4.78, 5) is 28.5. The first kappa shape index (κ1) is 21.8. The number of nitrogens with zero attached hydrogens (tertiary/aromatic N) is 4. The maximum Gasteiger partial charge on any atom is 0.410 e. The Kier molecular flexibility index (Phi) is 6.78. The van der Waals surface area contributed by atoms with Crippen LogP contribution in [0.2, 0.25) is 0 Å². The monoisotopic (exact) mass is 420 g/mol. The lowest BCUT2D eigenvalue weighted by Gasteiger charge is -2.28. The molecule has 0 radical (unpaired) electrons. The van der Waals surface area contributed by atoms with Crippen molar-refractivity contribution in [2.24, 2.45) is 5.11 Å². The Bertz CT molecular complexity index is 812. The average Bonchev–Trinajstić information content (AvgIpc) is 3.18. The van der Waals surface area contributed by atoms with Crippen LogP contribution in [0.3, 0.4) is 0 Å². The van der Waals surface area contributed by atoms with Crippen LogP contribution in [0.1, 0.15) is 19.4 Å². The summed E-state index contributed by atoms with van der Waals surface area (Å²) in [5.41, 5.74) is 9.76. The zero-order valence-electron chi connectivity index (χ0n) is 17.0. The second-order valence-electron chi connectivity index (χ2n) is 7.34. The molecule has 0 saturated carbocycles. The summed E-state index contributed by atoms with van der Waals surface area (Å²) in [6.07, 6.45) is -2.85. The number of hydrogen-bond acceptors (Lipinski definition) is 8. The highest BCUT2D eigenvalue weighted by molar-refractivity contribution is 5.78. The van der Waals surface area contributed by atoms with Crippen molar-refractivity contribution < 1.29 is 33.3 Å². The van der Waals surface area contributed by atoms with Gasteiger partial charge >= 0.3 is 12.1 Å². The lowest BCUT2D eigenvalue weighted by molar-refractivity contribution is -0.207. The normalized spacial score (nSPS) is 26.4. The fraction of sp³-hybridized carbons (Fsp3) is 0.579. The Balaban J connectivity index is 1.70. The first-order valence-electron chi connectivity index (χ1n) is 9.40. The summed E-state index contributed by atoms with van der Waals surface area (Å²) >= 11 is 0. The third kappa shape index (κ3) is 5.19. The zero-order valence-corrected chi connectivity index (χ0v) is 17.0. The van der Waals surface area contributed by atoms with Crippen LogP contribution < -0.4 is 0 Å². The topological polar surface area (TPSA) is 132 Å². The van der Waals surface area contributed by atoms with Crippen LogP contribution in [0.5, 0.6) is 0 Å². The Morgan fingerprint density at radius 2 is 2.00 bits per heavy atom. The van der Waals surface area contributed by atoms with Gasteiger partial charge in [0, 0.05) is 4.91 Å². The fourth-order valence-corrected chi connectivity index (χ4v) is 3.36. The number of methoxy groups -OCH3 is 1. The molecule has 2 heterocycles. The highest BCUT2D eigenvalue weighted by Crippen LogP contribution is 2.39. The molecule has 0 aromatic heterocycles. The number of carbonyl (C=O) groups excluding carboxylic acids is 2. The van der Waals surface area contributed by atoms with Crippen LogP contribution in [0.4, 0.5) is 4.79 Å². The molecule has 4 atom stereocenters. The average molecular weight is 420 g/mol. The number of azide groups is 1. The van der Waals surface area contributed by atoms with Gasteiger partial charge in [-0.15, -0.1) is 0 Å². The molecule has 2 fully saturated rings. The first-order valence-corrected chi connectivity index (χ1v) is 9.40. The van der Waals surface area contributed by atoms with Gasteiger partial charge in [-0.3, -0.25) is 9.69 Å². The second kappa shape index (κ2) is 9.31. The third-order valence-corrected chi connectivity index (χ3v) is 4.71. The highest BCUT2D eigenvalue weighted by Gasteiger charge is 2.55. The lowest BCUT2D eigenvalue weighted by atomic mass is 10.1. The van der Waals surface area contributed by atoms with E-state index < -0.39 is 42.4 Å². The molecule has 11 heteroatoms. The van der Waals surface area contributed by atoms with E-state index in [9.17, 15) is 9.59 Å². The largest absolute Gasteiger partial charge is 0.468 e. The van der Waals surface area contributed by atoms with Gasteiger partial charge in [0.2, 0.25) is 0 Å². The molecule has 0 aliphatic carbocycles. The van der Waals surface area contributed by atoms with Crippen LogP contribution in [-0.4, -0.2) is 67.5 Å². The molecule has 1 aromatic rings. The van der Waals surface area contributed by atoms with Gasteiger partial charge in [-0.05, 0) is 24.9 Å². The Morgan fingerprint density at radius 1 is 1.27 bits per heavy atom. The molecular weight excluding hydrogens is 396 g/mol. The van der Waals surface area contributed by atoms with E-state index in [1.54, 1.807) is 13.8 Å². The maximum atomic E-state index is 12.6. The quantitative estimate of drug-likeness (QED) is 0.286. The number of esters is 1. The maximum absolute atomic E-state index is 12.6. The predicted molar refractivity (Wildman–Crippen MR) is 102 cm³/mol. The Labute approximate surface area is 173 Å². The van der Waals surface area contributed by atoms with Crippen molar-refractivity contribution in [3.63, 3.8) is 0 Å². The van der Waals surface area contributed by atoms with Crippen molar-refractivity contribution >= 4 is 12.1 Å². The molecule has 0 spiro atoms. The fourth-order valence-electron chi connectivity index (χ4n) is 3.36. The second-order valence-corrected chi connectivity index (χ2v) is 7.34. The number of benzene rings is 1. The van der Waals surface area contributed by atoms with Gasteiger partial charge in [0.05, 0.1) is 25.8 Å². The number of fused-ring (bicyclic) bond motifs is 1. The summed E-state index contributed by atoms with van der Waals surface area (Å²) in [7, 11) is 1.22.